The van der Waals surface area contributed by atoms with Crippen LogP contribution in [-0.2, 0) is 19.1 Å². The van der Waals surface area contributed by atoms with E-state index in [1.54, 1.807) is 20.8 Å². The van der Waals surface area contributed by atoms with E-state index < -0.39 is 35.6 Å². The van der Waals surface area contributed by atoms with Gasteiger partial charge in [0.25, 0.3) is 5.91 Å². The van der Waals surface area contributed by atoms with Gasteiger partial charge in [-0.25, -0.2) is 4.79 Å². The quantitative estimate of drug-likeness (QED) is 0.361. The van der Waals surface area contributed by atoms with Crippen molar-refractivity contribution in [3.8, 4) is 0 Å². The Morgan fingerprint density at radius 1 is 0.975 bits per heavy atom. The van der Waals surface area contributed by atoms with Gasteiger partial charge in [0.1, 0.15) is 17.7 Å². The van der Waals surface area contributed by atoms with Crippen LogP contribution in [0, 0.1) is 27.7 Å². The topological polar surface area (TPSA) is 131 Å². The first kappa shape index (κ1) is 32.3. The van der Waals surface area contributed by atoms with Gasteiger partial charge < -0.3 is 26.0 Å². The van der Waals surface area contributed by atoms with E-state index in [4.69, 9.17) is 10.5 Å². The average molecular weight is 553 g/mol. The molecule has 0 radical (unpaired) electrons. The van der Waals surface area contributed by atoms with E-state index in [1.165, 1.54) is 4.90 Å². The minimum absolute atomic E-state index is 0.0360. The number of nitrogens with zero attached hydrogens (tertiary/aromatic N) is 1. The fourth-order valence-electron chi connectivity index (χ4n) is 4.65. The number of hydrogen-bond acceptors (Lipinski definition) is 5. The van der Waals surface area contributed by atoms with Gasteiger partial charge in [0.05, 0.1) is 0 Å². The van der Waals surface area contributed by atoms with Crippen molar-refractivity contribution in [2.45, 2.75) is 92.3 Å². The molecule has 0 saturated carbocycles. The molecule has 0 aliphatic rings. The fourth-order valence-corrected chi connectivity index (χ4v) is 4.65. The monoisotopic (exact) mass is 552 g/mol. The molecule has 9 nitrogen and oxygen atoms in total. The van der Waals surface area contributed by atoms with Gasteiger partial charge in [0.2, 0.25) is 11.8 Å². The maximum absolute atomic E-state index is 14.1. The Hall–Kier alpha value is -3.88. The van der Waals surface area contributed by atoms with Gasteiger partial charge in [-0.3, -0.25) is 14.4 Å². The molecule has 2 aromatic carbocycles. The van der Waals surface area contributed by atoms with Crippen molar-refractivity contribution >= 4 is 29.5 Å². The normalized spacial score (nSPS) is 12.7. The Kier molecular flexibility index (Phi) is 11.3. The molecule has 9 heteroatoms. The van der Waals surface area contributed by atoms with Gasteiger partial charge in [0.15, 0.2) is 0 Å². The Morgan fingerprint density at radius 3 is 2.05 bits per heavy atom. The highest BCUT2D eigenvalue weighted by molar-refractivity contribution is 6.00. The van der Waals surface area contributed by atoms with E-state index in [1.807, 2.05) is 71.0 Å². The largest absolute Gasteiger partial charge is 0.444 e. The number of alkyl carbamates (subject to hydrolysis) is 1. The summed E-state index contributed by atoms with van der Waals surface area (Å²) in [7, 11) is 0. The van der Waals surface area contributed by atoms with Gasteiger partial charge in [0, 0.05) is 18.7 Å². The number of benzene rings is 2. The highest BCUT2D eigenvalue weighted by Crippen LogP contribution is 2.29. The number of rotatable bonds is 11. The number of carbonyl (C=O) groups excluding carboxylic acids is 4. The van der Waals surface area contributed by atoms with Crippen LogP contribution in [0.1, 0.15) is 80.8 Å². The zero-order valence-corrected chi connectivity index (χ0v) is 25.0. The van der Waals surface area contributed by atoms with E-state index in [2.05, 4.69) is 10.6 Å². The smallest absolute Gasteiger partial charge is 0.408 e. The summed E-state index contributed by atoms with van der Waals surface area (Å²) in [6.45, 7) is 15.0. The van der Waals surface area contributed by atoms with E-state index in [-0.39, 0.29) is 25.3 Å². The number of carbonyl (C=O) groups is 4. The highest BCUT2D eigenvalue weighted by Gasteiger charge is 2.36. The lowest BCUT2D eigenvalue weighted by atomic mass is 9.97. The number of nitrogens with two attached hydrogens (primary N) is 1. The molecule has 218 valence electrons. The third-order valence-corrected chi connectivity index (χ3v) is 6.27. The predicted octanol–water partition coefficient (Wildman–Crippen LogP) is 5.00. The molecule has 0 spiro atoms. The Morgan fingerprint density at radius 2 is 1.55 bits per heavy atom. The van der Waals surface area contributed by atoms with Crippen LogP contribution in [0.3, 0.4) is 0 Å². The molecule has 4 N–H and O–H groups in total. The van der Waals surface area contributed by atoms with Gasteiger partial charge in [-0.05, 0) is 78.0 Å². The Bertz CT molecular complexity index is 1190. The summed E-state index contributed by atoms with van der Waals surface area (Å²) in [6, 6.07) is 9.38. The van der Waals surface area contributed by atoms with Crippen molar-refractivity contribution < 1.29 is 23.9 Å². The maximum Gasteiger partial charge on any atom is 0.408 e. The molecule has 40 heavy (non-hydrogen) atoms. The van der Waals surface area contributed by atoms with Crippen LogP contribution in [0.4, 0.5) is 10.5 Å². The highest BCUT2D eigenvalue weighted by atomic mass is 16.6. The molecule has 2 atom stereocenters. The number of primary amides is 1. The zero-order chi connectivity index (χ0) is 30.2. The van der Waals surface area contributed by atoms with Gasteiger partial charge in [-0.2, -0.15) is 0 Å². The van der Waals surface area contributed by atoms with Crippen LogP contribution in [0.25, 0.3) is 0 Å². The number of anilines is 1. The molecule has 2 unspecified atom stereocenters. The molecule has 0 aliphatic carbocycles. The Balaban J connectivity index is 2.59. The number of aryl methyl sites for hydroxylation is 4. The molecule has 2 aromatic rings. The second kappa shape index (κ2) is 14.0. The van der Waals surface area contributed by atoms with Crippen LogP contribution in [0.5, 0.6) is 0 Å². The molecule has 0 aliphatic heterocycles. The summed E-state index contributed by atoms with van der Waals surface area (Å²) in [6.07, 6.45) is -0.408. The molecule has 0 fully saturated rings. The number of para-hydroxylation sites is 1. The van der Waals surface area contributed by atoms with Crippen molar-refractivity contribution in [1.29, 1.82) is 0 Å². The van der Waals surface area contributed by atoms with Crippen LogP contribution < -0.4 is 16.4 Å². The SMILES string of the molecule is CCCN(C(=O)C(CCC(N)=O)NC(=O)OC(C)(C)C)C(C(=O)Nc1c(C)cccc1C)c1cc(C)cc(C)c1. The van der Waals surface area contributed by atoms with Crippen molar-refractivity contribution in [2.75, 3.05) is 11.9 Å². The first-order valence-electron chi connectivity index (χ1n) is 13.7. The van der Waals surface area contributed by atoms with Crippen LogP contribution in [0.15, 0.2) is 36.4 Å². The zero-order valence-electron chi connectivity index (χ0n) is 25.0. The third-order valence-electron chi connectivity index (χ3n) is 6.27. The minimum Gasteiger partial charge on any atom is -0.444 e. The van der Waals surface area contributed by atoms with Crippen molar-refractivity contribution in [3.05, 3.63) is 64.2 Å². The maximum atomic E-state index is 14.1. The predicted molar refractivity (Wildman–Crippen MR) is 157 cm³/mol. The van der Waals surface area contributed by atoms with E-state index in [9.17, 15) is 19.2 Å². The van der Waals surface area contributed by atoms with E-state index >= 15 is 0 Å². The molecule has 2 rings (SSSR count). The van der Waals surface area contributed by atoms with Gasteiger partial charge in [-0.1, -0.05) is 54.4 Å². The molecule has 0 aromatic heterocycles. The van der Waals surface area contributed by atoms with Crippen molar-refractivity contribution in [3.63, 3.8) is 0 Å². The molecular formula is C31H44N4O5. The van der Waals surface area contributed by atoms with Crippen LogP contribution in [-0.4, -0.2) is 46.9 Å². The third kappa shape index (κ3) is 9.39. The second-order valence-corrected chi connectivity index (χ2v) is 11.3. The lowest BCUT2D eigenvalue weighted by Gasteiger charge is -2.35. The fraction of sp³-hybridized carbons (Fsp3) is 0.484. The van der Waals surface area contributed by atoms with Gasteiger partial charge in [-0.15, -0.1) is 0 Å². The lowest BCUT2D eigenvalue weighted by molar-refractivity contribution is -0.141. The number of ether oxygens (including phenoxy) is 1. The Labute approximate surface area is 237 Å². The summed E-state index contributed by atoms with van der Waals surface area (Å²) >= 11 is 0. The van der Waals surface area contributed by atoms with E-state index in [0.29, 0.717) is 17.7 Å². The first-order chi connectivity index (χ1) is 18.6. The van der Waals surface area contributed by atoms with Crippen LogP contribution >= 0.6 is 0 Å². The summed E-state index contributed by atoms with van der Waals surface area (Å²) < 4.78 is 5.38. The van der Waals surface area contributed by atoms with Crippen molar-refractivity contribution in [1.82, 2.24) is 10.2 Å². The lowest BCUT2D eigenvalue weighted by Crippen LogP contribution is -2.52. The van der Waals surface area contributed by atoms with Crippen LogP contribution in [0.2, 0.25) is 0 Å². The summed E-state index contributed by atoms with van der Waals surface area (Å²) in [5.74, 6) is -1.49. The van der Waals surface area contributed by atoms with Gasteiger partial charge >= 0.3 is 6.09 Å². The first-order valence-corrected chi connectivity index (χ1v) is 13.7. The van der Waals surface area contributed by atoms with E-state index in [0.717, 1.165) is 22.3 Å². The average Bonchev–Trinajstić information content (AvgIpc) is 2.81. The summed E-state index contributed by atoms with van der Waals surface area (Å²) in [4.78, 5) is 54.0. The molecule has 0 saturated heterocycles. The van der Waals surface area contributed by atoms with Crippen molar-refractivity contribution in [2.24, 2.45) is 5.73 Å². The summed E-state index contributed by atoms with van der Waals surface area (Å²) in [5, 5.41) is 5.66. The molecule has 0 heterocycles. The number of amides is 4. The standard InChI is InChI=1S/C31H44N4O5/c1-9-15-35(29(38)24(13-14-25(32)36)33-30(39)40-31(6,7)8)27(23-17-19(2)16-20(3)18-23)28(37)34-26-21(4)11-10-12-22(26)5/h10-12,16-18,24,27H,9,13-15H2,1-8H3,(H2,32,36)(H,33,39)(H,34,37). The second-order valence-electron chi connectivity index (χ2n) is 11.3. The number of hydrogen-bond donors (Lipinski definition) is 3. The molecular weight excluding hydrogens is 508 g/mol. The molecule has 0 bridgehead atoms. The minimum atomic E-state index is -1.13. The number of nitrogens with one attached hydrogen (secondary N) is 2. The molecule has 4 amide bonds. The summed E-state index contributed by atoms with van der Waals surface area (Å²) in [5.41, 5.74) is 9.60.